The van der Waals surface area contributed by atoms with Crippen molar-refractivity contribution in [2.75, 3.05) is 0 Å². The molecule has 2 heteroatoms. The van der Waals surface area contributed by atoms with Gasteiger partial charge in [0.15, 0.2) is 0 Å². The maximum Gasteiger partial charge on any atom is 0.0698 e. The Morgan fingerprint density at radius 3 is 2.86 bits per heavy atom. The van der Waals surface area contributed by atoms with Crippen LogP contribution in [-0.2, 0) is 0 Å². The molecule has 1 nitrogen and oxygen atoms in total. The van der Waals surface area contributed by atoms with Gasteiger partial charge < -0.3 is 0 Å². The summed E-state index contributed by atoms with van der Waals surface area (Å²) in [6.45, 7) is 3.91. The lowest BCUT2D eigenvalue weighted by Gasteiger charge is -2.10. The number of hydrogen-bond acceptors (Lipinski definition) is 2. The van der Waals surface area contributed by atoms with E-state index in [4.69, 9.17) is 12.2 Å². The van der Waals surface area contributed by atoms with Gasteiger partial charge in [0.1, 0.15) is 0 Å². The van der Waals surface area contributed by atoms with Crippen LogP contribution in [0.3, 0.4) is 0 Å². The normalized spacial score (nSPS) is 16.2. The van der Waals surface area contributed by atoms with Crippen LogP contribution in [0.4, 0.5) is 0 Å². The summed E-state index contributed by atoms with van der Waals surface area (Å²) in [6, 6.07) is 5.88. The molecule has 1 aromatic rings. The summed E-state index contributed by atoms with van der Waals surface area (Å²) in [5, 5.41) is 0. The molecule has 1 radical (unpaired) electrons. The molecule has 0 unspecified atom stereocenters. The molecule has 1 aliphatic rings. The van der Waals surface area contributed by atoms with E-state index in [1.165, 1.54) is 0 Å². The molecule has 1 aliphatic carbocycles. The van der Waals surface area contributed by atoms with Crippen LogP contribution in [0.15, 0.2) is 42.1 Å². The smallest absolute Gasteiger partial charge is 0.0698 e. The lowest BCUT2D eigenvalue weighted by atomic mass is 9.98. The number of nitrogens with zero attached hydrogens (tertiary/aromatic N) is 1. The Labute approximate surface area is 89.2 Å². The van der Waals surface area contributed by atoms with E-state index in [0.29, 0.717) is 0 Å². The molecule has 0 saturated carbocycles. The van der Waals surface area contributed by atoms with Crippen molar-refractivity contribution in [2.45, 2.75) is 6.42 Å². The average molecular weight is 200 g/mol. The summed E-state index contributed by atoms with van der Waals surface area (Å²) in [4.78, 5) is 5.20. The Morgan fingerprint density at radius 1 is 1.36 bits per heavy atom. The molecule has 0 spiro atoms. The highest BCUT2D eigenvalue weighted by Gasteiger charge is 2.08. The standard InChI is InChI=1S/C12H10NS/c1-9-8-10(5-6-12(9)14)11-4-2-3-7-13-11/h2-5,7-8H,1,6H2. The lowest BCUT2D eigenvalue weighted by Crippen LogP contribution is -2.01. The summed E-state index contributed by atoms with van der Waals surface area (Å²) < 4.78 is 0. The van der Waals surface area contributed by atoms with Crippen LogP contribution in [0, 0.1) is 6.92 Å². The summed E-state index contributed by atoms with van der Waals surface area (Å²) in [7, 11) is 0. The fourth-order valence-electron chi connectivity index (χ4n) is 1.37. The van der Waals surface area contributed by atoms with E-state index >= 15 is 0 Å². The van der Waals surface area contributed by atoms with Crippen LogP contribution >= 0.6 is 12.2 Å². The number of pyridine rings is 1. The molecule has 1 heterocycles. The van der Waals surface area contributed by atoms with E-state index in [1.807, 2.05) is 24.3 Å². The third-order valence-electron chi connectivity index (χ3n) is 2.16. The fraction of sp³-hybridized carbons (Fsp3) is 0.0833. The van der Waals surface area contributed by atoms with Gasteiger partial charge >= 0.3 is 0 Å². The second kappa shape index (κ2) is 3.84. The molecule has 69 valence electrons. The van der Waals surface area contributed by atoms with E-state index in [9.17, 15) is 0 Å². The van der Waals surface area contributed by atoms with E-state index < -0.39 is 0 Å². The predicted octanol–water partition coefficient (Wildman–Crippen LogP) is 3.00. The Balaban J connectivity index is 2.35. The first-order valence-corrected chi connectivity index (χ1v) is 4.86. The highest BCUT2D eigenvalue weighted by atomic mass is 32.1. The van der Waals surface area contributed by atoms with Gasteiger partial charge in [-0.1, -0.05) is 24.4 Å². The maximum atomic E-state index is 5.14. The van der Waals surface area contributed by atoms with Gasteiger partial charge in [0, 0.05) is 17.5 Å². The Bertz CT molecular complexity index is 415. The van der Waals surface area contributed by atoms with Crippen LogP contribution in [0.2, 0.25) is 0 Å². The van der Waals surface area contributed by atoms with E-state index in [1.54, 1.807) is 6.20 Å². The van der Waals surface area contributed by atoms with Gasteiger partial charge in [-0.05, 0) is 36.3 Å². The maximum absolute atomic E-state index is 5.14. The molecule has 0 bridgehead atoms. The van der Waals surface area contributed by atoms with Crippen molar-refractivity contribution in [1.82, 2.24) is 4.98 Å². The molecule has 0 atom stereocenters. The van der Waals surface area contributed by atoms with Crippen molar-refractivity contribution < 1.29 is 0 Å². The number of allylic oxidation sites excluding steroid dienone is 4. The van der Waals surface area contributed by atoms with Crippen molar-refractivity contribution in [3.8, 4) is 0 Å². The lowest BCUT2D eigenvalue weighted by molar-refractivity contribution is 1.27. The minimum Gasteiger partial charge on any atom is -0.256 e. The zero-order valence-corrected chi connectivity index (χ0v) is 8.55. The third kappa shape index (κ3) is 1.80. The Morgan fingerprint density at radius 2 is 2.21 bits per heavy atom. The summed E-state index contributed by atoms with van der Waals surface area (Å²) >= 11 is 5.14. The molecular formula is C12H10NS. The minimum atomic E-state index is 0.802. The summed E-state index contributed by atoms with van der Waals surface area (Å²) in [5.74, 6) is 0. The molecule has 14 heavy (non-hydrogen) atoms. The van der Waals surface area contributed by atoms with E-state index in [0.717, 1.165) is 28.1 Å². The monoisotopic (exact) mass is 200 g/mol. The highest BCUT2D eigenvalue weighted by Crippen LogP contribution is 2.21. The molecule has 1 aromatic heterocycles. The topological polar surface area (TPSA) is 12.9 Å². The van der Waals surface area contributed by atoms with Crippen molar-refractivity contribution in [1.29, 1.82) is 0 Å². The molecule has 0 saturated heterocycles. The number of thiocarbonyl (C=S) groups is 1. The van der Waals surface area contributed by atoms with Crippen molar-refractivity contribution >= 4 is 22.7 Å². The SMILES string of the molecule is [CH2]C1=CC(c2ccccn2)=CCC1=S. The molecule has 0 fully saturated rings. The molecule has 0 aliphatic heterocycles. The van der Waals surface area contributed by atoms with Gasteiger partial charge in [-0.2, -0.15) is 0 Å². The van der Waals surface area contributed by atoms with Crippen LogP contribution in [0.1, 0.15) is 12.1 Å². The van der Waals surface area contributed by atoms with Crippen LogP contribution in [0.5, 0.6) is 0 Å². The molecule has 2 rings (SSSR count). The number of rotatable bonds is 1. The van der Waals surface area contributed by atoms with Gasteiger partial charge in [0.2, 0.25) is 0 Å². The first-order valence-electron chi connectivity index (χ1n) is 4.46. The van der Waals surface area contributed by atoms with Crippen LogP contribution < -0.4 is 0 Å². The second-order valence-corrected chi connectivity index (χ2v) is 3.66. The Hall–Kier alpha value is -1.28. The largest absolute Gasteiger partial charge is 0.256 e. The van der Waals surface area contributed by atoms with E-state index in [2.05, 4.69) is 18.0 Å². The van der Waals surface area contributed by atoms with Crippen LogP contribution in [-0.4, -0.2) is 9.85 Å². The number of hydrogen-bond donors (Lipinski definition) is 0. The van der Waals surface area contributed by atoms with Gasteiger partial charge in [0.05, 0.1) is 5.69 Å². The molecule has 0 aromatic carbocycles. The highest BCUT2D eigenvalue weighted by molar-refractivity contribution is 7.80. The molecular weight excluding hydrogens is 190 g/mol. The van der Waals surface area contributed by atoms with Gasteiger partial charge in [-0.15, -0.1) is 0 Å². The van der Waals surface area contributed by atoms with Gasteiger partial charge in [0.25, 0.3) is 0 Å². The van der Waals surface area contributed by atoms with Gasteiger partial charge in [-0.3, -0.25) is 4.98 Å². The first-order chi connectivity index (χ1) is 6.77. The first kappa shape index (κ1) is 9.28. The zero-order valence-electron chi connectivity index (χ0n) is 7.73. The predicted molar refractivity (Wildman–Crippen MR) is 62.9 cm³/mol. The minimum absolute atomic E-state index is 0.802. The van der Waals surface area contributed by atoms with E-state index in [-0.39, 0.29) is 0 Å². The second-order valence-electron chi connectivity index (χ2n) is 3.17. The van der Waals surface area contributed by atoms with Crippen LogP contribution in [0.25, 0.3) is 5.57 Å². The zero-order chi connectivity index (χ0) is 9.97. The van der Waals surface area contributed by atoms with Crippen molar-refractivity contribution in [3.05, 3.63) is 54.7 Å². The molecule has 0 N–H and O–H groups in total. The number of aromatic nitrogens is 1. The fourth-order valence-corrected chi connectivity index (χ4v) is 1.52. The summed E-state index contributed by atoms with van der Waals surface area (Å²) in [6.07, 6.45) is 6.68. The van der Waals surface area contributed by atoms with Gasteiger partial charge in [-0.25, -0.2) is 0 Å². The average Bonchev–Trinajstić information content (AvgIpc) is 2.23. The third-order valence-corrected chi connectivity index (χ3v) is 2.58. The molecule has 0 amide bonds. The quantitative estimate of drug-likeness (QED) is 0.646. The Kier molecular flexibility index (Phi) is 2.55. The summed E-state index contributed by atoms with van der Waals surface area (Å²) in [5.41, 5.74) is 3.03. The van der Waals surface area contributed by atoms with Crippen molar-refractivity contribution in [3.63, 3.8) is 0 Å². The van der Waals surface area contributed by atoms with Crippen molar-refractivity contribution in [2.24, 2.45) is 0 Å².